The molecule has 0 aliphatic heterocycles. The normalized spacial score (nSPS) is 10.1. The molecule has 13 heavy (non-hydrogen) atoms. The van der Waals surface area contributed by atoms with Crippen molar-refractivity contribution in [1.29, 1.82) is 0 Å². The second kappa shape index (κ2) is 4.61. The van der Waals surface area contributed by atoms with Gasteiger partial charge >= 0.3 is 0 Å². The van der Waals surface area contributed by atoms with E-state index in [2.05, 4.69) is 0 Å². The van der Waals surface area contributed by atoms with Gasteiger partial charge in [-0.3, -0.25) is 4.79 Å². The van der Waals surface area contributed by atoms with Crippen molar-refractivity contribution in [3.05, 3.63) is 33.8 Å². The molecule has 0 aliphatic rings. The van der Waals surface area contributed by atoms with Gasteiger partial charge in [0.2, 0.25) is 0 Å². The first kappa shape index (κ1) is 10.5. The zero-order valence-electron chi connectivity index (χ0n) is 6.89. The third-order valence-electron chi connectivity index (χ3n) is 1.66. The molecule has 4 heteroatoms. The lowest BCUT2D eigenvalue weighted by Crippen LogP contribution is -2.16. The molecule has 0 aromatic heterocycles. The van der Waals surface area contributed by atoms with Gasteiger partial charge in [-0.1, -0.05) is 29.3 Å². The Morgan fingerprint density at radius 3 is 2.31 bits per heavy atom. The molecule has 1 rings (SSSR count). The molecule has 1 aromatic rings. The maximum Gasteiger partial charge on any atom is 0.150 e. The van der Waals surface area contributed by atoms with Gasteiger partial charge in [0.25, 0.3) is 0 Å². The number of hydrogen-bond acceptors (Lipinski definition) is 2. The van der Waals surface area contributed by atoms with Gasteiger partial charge in [-0.05, 0) is 17.7 Å². The molecule has 0 amide bonds. The van der Waals surface area contributed by atoms with E-state index in [1.807, 2.05) is 0 Å². The zero-order valence-corrected chi connectivity index (χ0v) is 8.40. The van der Waals surface area contributed by atoms with Crippen LogP contribution in [0.1, 0.15) is 5.56 Å². The molecule has 0 fully saturated rings. The molecular formula is C9H9Cl2NO. The summed E-state index contributed by atoms with van der Waals surface area (Å²) in [5.41, 5.74) is 5.84. The maximum atomic E-state index is 11.0. The second-order valence-corrected chi connectivity index (χ2v) is 3.43. The number of rotatable bonds is 3. The summed E-state index contributed by atoms with van der Waals surface area (Å²) in [6.07, 6.45) is 0.203. The Labute approximate surface area is 86.6 Å². The number of halogens is 2. The average molecular weight is 218 g/mol. The van der Waals surface area contributed by atoms with E-state index in [0.29, 0.717) is 15.6 Å². The summed E-state index contributed by atoms with van der Waals surface area (Å²) in [4.78, 5) is 11.0. The Balaban J connectivity index is 2.93. The Morgan fingerprint density at radius 2 is 1.85 bits per heavy atom. The number of nitrogens with two attached hydrogens (primary N) is 1. The first-order chi connectivity index (χ1) is 6.15. The number of hydrogen-bond donors (Lipinski definition) is 1. The molecule has 2 nitrogen and oxygen atoms in total. The lowest BCUT2D eigenvalue weighted by molar-refractivity contribution is -0.117. The van der Waals surface area contributed by atoms with E-state index in [9.17, 15) is 4.79 Å². The molecule has 0 bridgehead atoms. The van der Waals surface area contributed by atoms with Gasteiger partial charge in [-0.2, -0.15) is 0 Å². The van der Waals surface area contributed by atoms with E-state index in [1.54, 1.807) is 18.2 Å². The third kappa shape index (κ3) is 2.69. The third-order valence-corrected chi connectivity index (χ3v) is 2.37. The van der Waals surface area contributed by atoms with E-state index in [-0.39, 0.29) is 18.7 Å². The zero-order chi connectivity index (χ0) is 9.84. The van der Waals surface area contributed by atoms with Crippen LogP contribution in [0.2, 0.25) is 10.0 Å². The molecule has 0 aliphatic carbocycles. The molecule has 0 unspecified atom stereocenters. The minimum atomic E-state index is -0.0741. The van der Waals surface area contributed by atoms with Crippen molar-refractivity contribution in [2.75, 3.05) is 6.54 Å². The van der Waals surface area contributed by atoms with Gasteiger partial charge in [0.1, 0.15) is 0 Å². The number of benzene rings is 1. The maximum absolute atomic E-state index is 11.0. The predicted molar refractivity (Wildman–Crippen MR) is 54.2 cm³/mol. The van der Waals surface area contributed by atoms with Crippen molar-refractivity contribution in [3.8, 4) is 0 Å². The van der Waals surface area contributed by atoms with Crippen LogP contribution in [0.3, 0.4) is 0 Å². The van der Waals surface area contributed by atoms with Gasteiger partial charge in [0, 0.05) is 16.5 Å². The van der Waals surface area contributed by atoms with Crippen LogP contribution in [0, 0.1) is 0 Å². The fraction of sp³-hybridized carbons (Fsp3) is 0.222. The quantitative estimate of drug-likeness (QED) is 0.843. The van der Waals surface area contributed by atoms with Crippen LogP contribution in [0.5, 0.6) is 0 Å². The lowest BCUT2D eigenvalue weighted by Gasteiger charge is -2.04. The topological polar surface area (TPSA) is 43.1 Å². The van der Waals surface area contributed by atoms with Gasteiger partial charge < -0.3 is 5.73 Å². The van der Waals surface area contributed by atoms with Crippen molar-refractivity contribution in [3.63, 3.8) is 0 Å². The van der Waals surface area contributed by atoms with Gasteiger partial charge in [-0.15, -0.1) is 0 Å². The van der Waals surface area contributed by atoms with E-state index < -0.39 is 0 Å². The van der Waals surface area contributed by atoms with Crippen molar-refractivity contribution >= 4 is 29.0 Å². The number of carbonyl (C=O) groups is 1. The predicted octanol–water partition coefficient (Wildman–Crippen LogP) is 2.06. The Hall–Kier alpha value is -0.570. The summed E-state index contributed by atoms with van der Waals surface area (Å²) in [7, 11) is 0. The SMILES string of the molecule is NCC(=O)Cc1c(Cl)cccc1Cl. The van der Waals surface area contributed by atoms with E-state index in [0.717, 1.165) is 0 Å². The van der Waals surface area contributed by atoms with Crippen molar-refractivity contribution < 1.29 is 4.79 Å². The second-order valence-electron chi connectivity index (χ2n) is 2.62. The van der Waals surface area contributed by atoms with Crippen molar-refractivity contribution in [2.24, 2.45) is 5.73 Å². The summed E-state index contributed by atoms with van der Waals surface area (Å²) in [5.74, 6) is -0.0741. The van der Waals surface area contributed by atoms with Gasteiger partial charge in [0.15, 0.2) is 5.78 Å². The standard InChI is InChI=1S/C9H9Cl2NO/c10-8-2-1-3-9(11)7(8)4-6(13)5-12/h1-3H,4-5,12H2. The summed E-state index contributed by atoms with van der Waals surface area (Å²) in [6.45, 7) is 0.0154. The number of ketones is 1. The first-order valence-electron chi connectivity index (χ1n) is 3.80. The van der Waals surface area contributed by atoms with Gasteiger partial charge in [0.05, 0.1) is 6.54 Å². The van der Waals surface area contributed by atoms with Crippen LogP contribution in [0.25, 0.3) is 0 Å². The fourth-order valence-electron chi connectivity index (χ4n) is 0.971. The van der Waals surface area contributed by atoms with Crippen LogP contribution in [-0.4, -0.2) is 12.3 Å². The highest BCUT2D eigenvalue weighted by Gasteiger charge is 2.08. The molecule has 1 aromatic carbocycles. The van der Waals surface area contributed by atoms with Crippen LogP contribution < -0.4 is 5.73 Å². The molecule has 0 saturated carbocycles. The van der Waals surface area contributed by atoms with Crippen LogP contribution in [0.15, 0.2) is 18.2 Å². The summed E-state index contributed by atoms with van der Waals surface area (Å²) < 4.78 is 0. The molecular weight excluding hydrogens is 209 g/mol. The van der Waals surface area contributed by atoms with Crippen molar-refractivity contribution in [1.82, 2.24) is 0 Å². The smallest absolute Gasteiger partial charge is 0.150 e. The van der Waals surface area contributed by atoms with Crippen LogP contribution >= 0.6 is 23.2 Å². The van der Waals surface area contributed by atoms with E-state index >= 15 is 0 Å². The molecule has 70 valence electrons. The molecule has 0 atom stereocenters. The molecule has 0 radical (unpaired) electrons. The highest BCUT2D eigenvalue weighted by Crippen LogP contribution is 2.24. The summed E-state index contributed by atoms with van der Waals surface area (Å²) in [5, 5.41) is 1.02. The minimum Gasteiger partial charge on any atom is -0.324 e. The average Bonchev–Trinajstić information content (AvgIpc) is 2.11. The first-order valence-corrected chi connectivity index (χ1v) is 4.55. The monoisotopic (exact) mass is 217 g/mol. The Morgan fingerprint density at radius 1 is 1.31 bits per heavy atom. The Bertz CT molecular complexity index is 305. The number of carbonyl (C=O) groups excluding carboxylic acids is 1. The van der Waals surface area contributed by atoms with Crippen molar-refractivity contribution in [2.45, 2.75) is 6.42 Å². The summed E-state index contributed by atoms with van der Waals surface area (Å²) in [6, 6.07) is 5.14. The van der Waals surface area contributed by atoms with E-state index in [1.165, 1.54) is 0 Å². The molecule has 0 saturated heterocycles. The highest BCUT2D eigenvalue weighted by molar-refractivity contribution is 6.36. The van der Waals surface area contributed by atoms with Gasteiger partial charge in [-0.25, -0.2) is 0 Å². The molecule has 0 heterocycles. The van der Waals surface area contributed by atoms with Crippen LogP contribution in [0.4, 0.5) is 0 Å². The molecule has 0 spiro atoms. The molecule has 2 N–H and O–H groups in total. The fourth-order valence-corrected chi connectivity index (χ4v) is 1.50. The minimum absolute atomic E-state index is 0.0154. The van der Waals surface area contributed by atoms with Crippen LogP contribution in [-0.2, 0) is 11.2 Å². The van der Waals surface area contributed by atoms with E-state index in [4.69, 9.17) is 28.9 Å². The summed E-state index contributed by atoms with van der Waals surface area (Å²) >= 11 is 11.7. The number of Topliss-reactive ketones (excluding diaryl/α,β-unsaturated/α-hetero) is 1. The lowest BCUT2D eigenvalue weighted by atomic mass is 10.1. The Kier molecular flexibility index (Phi) is 3.72. The largest absolute Gasteiger partial charge is 0.324 e. The highest BCUT2D eigenvalue weighted by atomic mass is 35.5.